The van der Waals surface area contributed by atoms with Crippen LogP contribution in [0.15, 0.2) is 60.7 Å². The second kappa shape index (κ2) is 11.4. The molecule has 0 unspecified atom stereocenters. The maximum Gasteiger partial charge on any atom is 0.356 e. The summed E-state index contributed by atoms with van der Waals surface area (Å²) < 4.78 is 10.1. The molecule has 0 aliphatic heterocycles. The van der Waals surface area contributed by atoms with Gasteiger partial charge in [-0.25, -0.2) is 4.79 Å². The van der Waals surface area contributed by atoms with Gasteiger partial charge in [0, 0.05) is 6.42 Å². The number of hydroxylamine groups is 1. The van der Waals surface area contributed by atoms with Gasteiger partial charge in [-0.05, 0) is 24.1 Å². The molecule has 2 aromatic rings. The van der Waals surface area contributed by atoms with E-state index >= 15 is 0 Å². The van der Waals surface area contributed by atoms with Crippen molar-refractivity contribution in [1.82, 2.24) is 5.48 Å². The third-order valence-electron chi connectivity index (χ3n) is 3.42. The largest absolute Gasteiger partial charge is 0.465 e. The van der Waals surface area contributed by atoms with E-state index in [4.69, 9.17) is 14.3 Å². The van der Waals surface area contributed by atoms with Crippen LogP contribution in [0.2, 0.25) is 0 Å². The standard InChI is InChI=1S/C20H21NO6/c22-18(26-15-16-8-3-1-4-9-16)12-7-13-25-19(23)14-21-27-20(24)17-10-5-2-6-11-17/h1-6,8-11,21H,7,12-15H2. The lowest BCUT2D eigenvalue weighted by molar-refractivity contribution is -0.148. The average molecular weight is 371 g/mol. The molecule has 7 nitrogen and oxygen atoms in total. The highest BCUT2D eigenvalue weighted by molar-refractivity contribution is 5.89. The molecule has 0 amide bonds. The Bertz CT molecular complexity index is 733. The molecule has 0 saturated carbocycles. The summed E-state index contributed by atoms with van der Waals surface area (Å²) in [4.78, 5) is 39.5. The zero-order valence-corrected chi connectivity index (χ0v) is 14.8. The Hall–Kier alpha value is -3.19. The van der Waals surface area contributed by atoms with Crippen LogP contribution in [0.5, 0.6) is 0 Å². The van der Waals surface area contributed by atoms with Crippen molar-refractivity contribution < 1.29 is 28.7 Å². The van der Waals surface area contributed by atoms with Crippen molar-refractivity contribution in [2.24, 2.45) is 0 Å². The van der Waals surface area contributed by atoms with Crippen molar-refractivity contribution in [1.29, 1.82) is 0 Å². The highest BCUT2D eigenvalue weighted by Gasteiger charge is 2.09. The maximum absolute atomic E-state index is 11.6. The number of hydrogen-bond acceptors (Lipinski definition) is 7. The first-order chi connectivity index (χ1) is 13.1. The lowest BCUT2D eigenvalue weighted by Gasteiger charge is -2.07. The number of nitrogens with one attached hydrogen (secondary N) is 1. The number of benzene rings is 2. The molecule has 142 valence electrons. The highest BCUT2D eigenvalue weighted by atomic mass is 16.7. The quantitative estimate of drug-likeness (QED) is 0.297. The van der Waals surface area contributed by atoms with Crippen molar-refractivity contribution in [3.05, 3.63) is 71.8 Å². The predicted molar refractivity (Wildman–Crippen MR) is 96.3 cm³/mol. The number of hydrogen-bond donors (Lipinski definition) is 1. The molecule has 1 N–H and O–H groups in total. The fraction of sp³-hybridized carbons (Fsp3) is 0.250. The Labute approximate surface area is 157 Å². The smallest absolute Gasteiger partial charge is 0.356 e. The van der Waals surface area contributed by atoms with Gasteiger partial charge in [0.2, 0.25) is 0 Å². The third-order valence-corrected chi connectivity index (χ3v) is 3.42. The Balaban J connectivity index is 1.50. The highest BCUT2D eigenvalue weighted by Crippen LogP contribution is 2.03. The molecule has 0 aliphatic rings. The summed E-state index contributed by atoms with van der Waals surface area (Å²) >= 11 is 0. The minimum absolute atomic E-state index is 0.0770. The molecular formula is C20H21NO6. The molecule has 0 radical (unpaired) electrons. The summed E-state index contributed by atoms with van der Waals surface area (Å²) in [6.45, 7) is 0.0147. The Morgan fingerprint density at radius 2 is 1.48 bits per heavy atom. The maximum atomic E-state index is 11.6. The zero-order valence-electron chi connectivity index (χ0n) is 14.8. The van der Waals surface area contributed by atoms with Gasteiger partial charge in [0.15, 0.2) is 0 Å². The van der Waals surface area contributed by atoms with Crippen LogP contribution in [0.25, 0.3) is 0 Å². The molecular weight excluding hydrogens is 350 g/mol. The van der Waals surface area contributed by atoms with Crippen LogP contribution in [0.1, 0.15) is 28.8 Å². The topological polar surface area (TPSA) is 90.9 Å². The second-order valence-electron chi connectivity index (χ2n) is 5.55. The van der Waals surface area contributed by atoms with Crippen molar-refractivity contribution >= 4 is 17.9 Å². The van der Waals surface area contributed by atoms with E-state index in [9.17, 15) is 14.4 Å². The van der Waals surface area contributed by atoms with Gasteiger partial charge >= 0.3 is 17.9 Å². The van der Waals surface area contributed by atoms with Gasteiger partial charge in [0.1, 0.15) is 13.2 Å². The Morgan fingerprint density at radius 1 is 0.815 bits per heavy atom. The summed E-state index contributed by atoms with van der Waals surface area (Å²) in [5.74, 6) is -1.54. The van der Waals surface area contributed by atoms with Gasteiger partial charge in [0.25, 0.3) is 0 Å². The molecule has 27 heavy (non-hydrogen) atoms. The first-order valence-corrected chi connectivity index (χ1v) is 8.49. The number of esters is 2. The van der Waals surface area contributed by atoms with Crippen LogP contribution in [-0.2, 0) is 30.5 Å². The van der Waals surface area contributed by atoms with Crippen molar-refractivity contribution in [3.8, 4) is 0 Å². The Kier molecular flexibility index (Phi) is 8.52. The Morgan fingerprint density at radius 3 is 2.19 bits per heavy atom. The van der Waals surface area contributed by atoms with Gasteiger partial charge in [-0.3, -0.25) is 9.59 Å². The van der Waals surface area contributed by atoms with Crippen molar-refractivity contribution in [2.45, 2.75) is 19.4 Å². The monoisotopic (exact) mass is 371 g/mol. The van der Waals surface area contributed by atoms with E-state index in [1.807, 2.05) is 30.3 Å². The molecule has 0 atom stereocenters. The third kappa shape index (κ3) is 8.15. The lowest BCUT2D eigenvalue weighted by atomic mass is 10.2. The van der Waals surface area contributed by atoms with Crippen LogP contribution >= 0.6 is 0 Å². The van der Waals surface area contributed by atoms with Crippen LogP contribution in [0.4, 0.5) is 0 Å². The molecule has 0 heterocycles. The molecule has 0 spiro atoms. The molecule has 0 saturated heterocycles. The van der Waals surface area contributed by atoms with Crippen LogP contribution < -0.4 is 5.48 Å². The van der Waals surface area contributed by atoms with Gasteiger partial charge in [0.05, 0.1) is 12.2 Å². The zero-order chi connectivity index (χ0) is 19.3. The van der Waals surface area contributed by atoms with Gasteiger partial charge in [-0.1, -0.05) is 48.5 Å². The molecule has 0 fully saturated rings. The lowest BCUT2D eigenvalue weighted by Crippen LogP contribution is -2.28. The van der Waals surface area contributed by atoms with E-state index in [0.717, 1.165) is 5.56 Å². The van der Waals surface area contributed by atoms with Crippen molar-refractivity contribution in [2.75, 3.05) is 13.2 Å². The van der Waals surface area contributed by atoms with Crippen LogP contribution in [0, 0.1) is 0 Å². The first kappa shape index (κ1) is 20.1. The number of rotatable bonds is 10. The summed E-state index contributed by atoms with van der Waals surface area (Å²) in [5.41, 5.74) is 3.53. The van der Waals surface area contributed by atoms with E-state index in [2.05, 4.69) is 5.48 Å². The van der Waals surface area contributed by atoms with Crippen molar-refractivity contribution in [3.63, 3.8) is 0 Å². The van der Waals surface area contributed by atoms with Gasteiger partial charge in [-0.2, -0.15) is 0 Å². The average Bonchev–Trinajstić information content (AvgIpc) is 2.71. The number of ether oxygens (including phenoxy) is 2. The molecule has 2 aromatic carbocycles. The summed E-state index contributed by atoms with van der Waals surface area (Å²) in [5, 5.41) is 0. The molecule has 0 aromatic heterocycles. The summed E-state index contributed by atoms with van der Waals surface area (Å²) in [6.07, 6.45) is 0.500. The number of carbonyl (C=O) groups excluding carboxylic acids is 3. The summed E-state index contributed by atoms with van der Waals surface area (Å²) in [6, 6.07) is 17.7. The van der Waals surface area contributed by atoms with E-state index in [-0.39, 0.29) is 32.1 Å². The summed E-state index contributed by atoms with van der Waals surface area (Å²) in [7, 11) is 0. The minimum Gasteiger partial charge on any atom is -0.465 e. The fourth-order valence-corrected chi connectivity index (χ4v) is 2.06. The predicted octanol–water partition coefficient (Wildman–Crippen LogP) is 2.41. The molecule has 0 aliphatic carbocycles. The second-order valence-corrected chi connectivity index (χ2v) is 5.55. The van der Waals surface area contributed by atoms with Crippen LogP contribution in [0.3, 0.4) is 0 Å². The molecule has 2 rings (SSSR count). The SMILES string of the molecule is O=C(CCCOC(=O)CNOC(=O)c1ccccc1)OCc1ccccc1. The molecule has 0 bridgehead atoms. The van der Waals surface area contributed by atoms with E-state index < -0.39 is 11.9 Å². The normalized spacial score (nSPS) is 10.1. The first-order valence-electron chi connectivity index (χ1n) is 8.49. The van der Waals surface area contributed by atoms with E-state index in [1.54, 1.807) is 30.3 Å². The minimum atomic E-state index is -0.593. The van der Waals surface area contributed by atoms with E-state index in [0.29, 0.717) is 12.0 Å². The van der Waals surface area contributed by atoms with E-state index in [1.165, 1.54) is 0 Å². The number of carbonyl (C=O) groups is 3. The molecule has 7 heteroatoms. The fourth-order valence-electron chi connectivity index (χ4n) is 2.06. The van der Waals surface area contributed by atoms with Gasteiger partial charge in [-0.15, -0.1) is 5.48 Å². The van der Waals surface area contributed by atoms with Gasteiger partial charge < -0.3 is 14.3 Å². The van der Waals surface area contributed by atoms with Crippen LogP contribution in [-0.4, -0.2) is 31.1 Å².